The average Bonchev–Trinajstić information content (AvgIpc) is 3.16. The van der Waals surface area contributed by atoms with Gasteiger partial charge in [0.05, 0.1) is 42.7 Å². The number of nitrogens with one attached hydrogen (secondary N) is 2. The monoisotopic (exact) mass is 567 g/mol. The number of halogens is 2. The average molecular weight is 568 g/mol. The lowest BCUT2D eigenvalue weighted by Gasteiger charge is -2.33. The summed E-state index contributed by atoms with van der Waals surface area (Å²) < 4.78 is 31.1. The van der Waals surface area contributed by atoms with E-state index in [-0.39, 0.29) is 17.0 Å². The van der Waals surface area contributed by atoms with Crippen LogP contribution < -0.4 is 15.4 Å². The molecule has 40 heavy (non-hydrogen) atoms. The molecule has 1 amide bonds. The zero-order chi connectivity index (χ0) is 27.5. The van der Waals surface area contributed by atoms with E-state index in [0.29, 0.717) is 65.7 Å². The number of carbonyl (C=O) groups excluding carboxylic acids is 1. The lowest BCUT2D eigenvalue weighted by atomic mass is 10.1. The standard InChI is InChI=1S/C29H31ClFN5O4/c30-23-12-18(3-6-24(23)31)34-29-22-13-26(27(14-25(22)32-17-33-29)40-21-7-10-38-11-8-21)35-28(37)2-1-9-36-19-4-5-20(36)16-39-15-19/h1-3,6,12-14,17,19-21H,4-5,7-11,15-16H2,(H,35,37)(H,32,33,34)/b2-1+. The van der Waals surface area contributed by atoms with Gasteiger partial charge >= 0.3 is 0 Å². The van der Waals surface area contributed by atoms with Gasteiger partial charge in [0.2, 0.25) is 5.91 Å². The van der Waals surface area contributed by atoms with Crippen molar-refractivity contribution >= 4 is 45.6 Å². The summed E-state index contributed by atoms with van der Waals surface area (Å²) >= 11 is 5.97. The van der Waals surface area contributed by atoms with Crippen LogP contribution in [0.1, 0.15) is 25.7 Å². The molecule has 0 aliphatic carbocycles. The highest BCUT2D eigenvalue weighted by atomic mass is 35.5. The third kappa shape index (κ3) is 6.05. The van der Waals surface area contributed by atoms with E-state index in [1.165, 1.54) is 18.5 Å². The van der Waals surface area contributed by atoms with Crippen molar-refractivity contribution in [3.8, 4) is 5.75 Å². The number of fused-ring (bicyclic) bond motifs is 3. The van der Waals surface area contributed by atoms with E-state index >= 15 is 0 Å². The Hall–Kier alpha value is -3.31. The lowest BCUT2D eigenvalue weighted by molar-refractivity contribution is -0.112. The molecule has 6 rings (SSSR count). The Morgan fingerprint density at radius 1 is 1.10 bits per heavy atom. The molecule has 2 N–H and O–H groups in total. The van der Waals surface area contributed by atoms with E-state index < -0.39 is 5.82 Å². The molecule has 2 unspecified atom stereocenters. The van der Waals surface area contributed by atoms with Crippen LogP contribution in [0.2, 0.25) is 5.02 Å². The molecule has 0 spiro atoms. The molecule has 0 saturated carbocycles. The van der Waals surface area contributed by atoms with Gasteiger partial charge in [0.15, 0.2) is 0 Å². The molecule has 1 aromatic heterocycles. The smallest absolute Gasteiger partial charge is 0.248 e. The molecule has 3 fully saturated rings. The van der Waals surface area contributed by atoms with E-state index in [2.05, 4.69) is 25.5 Å². The van der Waals surface area contributed by atoms with Crippen molar-refractivity contribution in [1.29, 1.82) is 0 Å². The summed E-state index contributed by atoms with van der Waals surface area (Å²) in [6.45, 7) is 3.47. The molecule has 3 aliphatic heterocycles. The van der Waals surface area contributed by atoms with Crippen molar-refractivity contribution < 1.29 is 23.4 Å². The Kier molecular flexibility index (Phi) is 8.10. The van der Waals surface area contributed by atoms with Crippen LogP contribution >= 0.6 is 11.6 Å². The quantitative estimate of drug-likeness (QED) is 0.364. The molecule has 2 aromatic carbocycles. The van der Waals surface area contributed by atoms with Gasteiger partial charge in [-0.2, -0.15) is 0 Å². The maximum atomic E-state index is 13.7. The van der Waals surface area contributed by atoms with Gasteiger partial charge in [-0.3, -0.25) is 9.69 Å². The molecular weight excluding hydrogens is 537 g/mol. The zero-order valence-corrected chi connectivity index (χ0v) is 22.7. The number of rotatable bonds is 8. The van der Waals surface area contributed by atoms with Crippen molar-refractivity contribution in [2.24, 2.45) is 0 Å². The van der Waals surface area contributed by atoms with Crippen molar-refractivity contribution in [2.45, 2.75) is 43.9 Å². The largest absolute Gasteiger partial charge is 0.488 e. The number of ether oxygens (including phenoxy) is 3. The summed E-state index contributed by atoms with van der Waals surface area (Å²) in [4.78, 5) is 24.3. The number of amides is 1. The number of aromatic nitrogens is 2. The fourth-order valence-electron chi connectivity index (χ4n) is 5.53. The maximum Gasteiger partial charge on any atom is 0.248 e. The summed E-state index contributed by atoms with van der Waals surface area (Å²) in [7, 11) is 0. The number of anilines is 3. The van der Waals surface area contributed by atoms with Gasteiger partial charge in [-0.25, -0.2) is 14.4 Å². The lowest BCUT2D eigenvalue weighted by Crippen LogP contribution is -2.45. The van der Waals surface area contributed by atoms with Crippen LogP contribution in [0.5, 0.6) is 5.75 Å². The third-order valence-corrected chi connectivity index (χ3v) is 7.91. The number of hydrogen-bond acceptors (Lipinski definition) is 8. The molecular formula is C29H31ClFN5O4. The predicted octanol–water partition coefficient (Wildman–Crippen LogP) is 5.08. The van der Waals surface area contributed by atoms with Crippen molar-refractivity contribution in [3.63, 3.8) is 0 Å². The second-order valence-corrected chi connectivity index (χ2v) is 10.7. The summed E-state index contributed by atoms with van der Waals surface area (Å²) in [5, 5.41) is 6.83. The highest BCUT2D eigenvalue weighted by Crippen LogP contribution is 2.35. The van der Waals surface area contributed by atoms with Crippen molar-refractivity contribution in [1.82, 2.24) is 14.9 Å². The first kappa shape index (κ1) is 26.9. The summed E-state index contributed by atoms with van der Waals surface area (Å²) in [5.74, 6) is 0.253. The van der Waals surface area contributed by atoms with E-state index in [1.54, 1.807) is 24.3 Å². The molecule has 2 bridgehead atoms. The first-order chi connectivity index (χ1) is 19.5. The molecule has 4 heterocycles. The third-order valence-electron chi connectivity index (χ3n) is 7.62. The number of hydrogen-bond donors (Lipinski definition) is 2. The van der Waals surface area contributed by atoms with Crippen LogP contribution in [0, 0.1) is 5.82 Å². The van der Waals surface area contributed by atoms with E-state index in [9.17, 15) is 9.18 Å². The van der Waals surface area contributed by atoms with Crippen LogP contribution in [0.15, 0.2) is 48.8 Å². The molecule has 3 saturated heterocycles. The van der Waals surface area contributed by atoms with Gasteiger partial charge in [0, 0.05) is 54.7 Å². The Labute approximate surface area is 236 Å². The molecule has 3 aromatic rings. The molecule has 0 radical (unpaired) electrons. The van der Waals surface area contributed by atoms with Crippen LogP contribution in [0.25, 0.3) is 10.9 Å². The fourth-order valence-corrected chi connectivity index (χ4v) is 5.71. The molecule has 210 valence electrons. The van der Waals surface area contributed by atoms with Crippen LogP contribution in [-0.2, 0) is 14.3 Å². The second-order valence-electron chi connectivity index (χ2n) is 10.3. The van der Waals surface area contributed by atoms with Gasteiger partial charge in [-0.1, -0.05) is 17.7 Å². The summed E-state index contributed by atoms with van der Waals surface area (Å²) in [6, 6.07) is 8.80. The second kappa shape index (κ2) is 12.1. The van der Waals surface area contributed by atoms with Crippen molar-refractivity contribution in [2.75, 3.05) is 43.6 Å². The Balaban J connectivity index is 1.25. The van der Waals surface area contributed by atoms with E-state index in [1.807, 2.05) is 6.08 Å². The molecule has 11 heteroatoms. The van der Waals surface area contributed by atoms with Gasteiger partial charge in [0.1, 0.15) is 29.8 Å². The summed E-state index contributed by atoms with van der Waals surface area (Å²) in [6.07, 6.45) is 8.67. The van der Waals surface area contributed by atoms with Gasteiger partial charge < -0.3 is 24.8 Å². The Morgan fingerprint density at radius 2 is 1.90 bits per heavy atom. The first-order valence-electron chi connectivity index (χ1n) is 13.6. The molecule has 2 atom stereocenters. The highest BCUT2D eigenvalue weighted by Gasteiger charge is 2.36. The fraction of sp³-hybridized carbons (Fsp3) is 0.414. The normalized spacial score (nSPS) is 21.6. The minimum atomic E-state index is -0.506. The van der Waals surface area contributed by atoms with E-state index in [0.717, 1.165) is 38.9 Å². The zero-order valence-electron chi connectivity index (χ0n) is 21.9. The van der Waals surface area contributed by atoms with Gasteiger partial charge in [-0.15, -0.1) is 0 Å². The minimum absolute atomic E-state index is 0.000310. The van der Waals surface area contributed by atoms with Crippen LogP contribution in [0.4, 0.5) is 21.6 Å². The number of nitrogens with zero attached hydrogens (tertiary/aromatic N) is 3. The Morgan fingerprint density at radius 3 is 2.67 bits per heavy atom. The van der Waals surface area contributed by atoms with Gasteiger partial charge in [0.25, 0.3) is 0 Å². The maximum absolute atomic E-state index is 13.7. The van der Waals surface area contributed by atoms with Crippen LogP contribution in [-0.4, -0.2) is 71.9 Å². The van der Waals surface area contributed by atoms with E-state index in [4.69, 9.17) is 25.8 Å². The van der Waals surface area contributed by atoms with Gasteiger partial charge in [-0.05, 0) is 37.1 Å². The Bertz CT molecular complexity index is 1400. The summed E-state index contributed by atoms with van der Waals surface area (Å²) in [5.41, 5.74) is 1.71. The topological polar surface area (TPSA) is 97.8 Å². The first-order valence-corrected chi connectivity index (χ1v) is 14.0. The highest BCUT2D eigenvalue weighted by molar-refractivity contribution is 6.31. The number of morpholine rings is 1. The number of benzene rings is 2. The molecule has 9 nitrogen and oxygen atoms in total. The minimum Gasteiger partial charge on any atom is -0.488 e. The predicted molar refractivity (Wildman–Crippen MR) is 151 cm³/mol. The van der Waals surface area contributed by atoms with Crippen LogP contribution in [0.3, 0.4) is 0 Å². The number of carbonyl (C=O) groups is 1. The van der Waals surface area contributed by atoms with Crippen molar-refractivity contribution in [3.05, 3.63) is 59.7 Å². The SMILES string of the molecule is O=C(/C=C/CN1C2CCC1COC2)Nc1cc2c(Nc3ccc(F)c(Cl)c3)ncnc2cc1OC1CCOCC1. The molecule has 3 aliphatic rings.